The number of nitrogens with zero attached hydrogens (tertiary/aromatic N) is 1. The number of rotatable bonds is 6. The summed E-state index contributed by atoms with van der Waals surface area (Å²) in [6, 6.07) is 1.61. The molecule has 0 aromatic heterocycles. The van der Waals surface area contributed by atoms with Crippen molar-refractivity contribution in [3.8, 4) is 0 Å². The topological polar surface area (TPSA) is 15.3 Å². The fraction of sp³-hybridized carbons (Fsp3) is 1.00. The van der Waals surface area contributed by atoms with Crippen LogP contribution in [-0.4, -0.2) is 37.1 Å². The van der Waals surface area contributed by atoms with Gasteiger partial charge in [0, 0.05) is 18.6 Å². The third-order valence-electron chi connectivity index (χ3n) is 5.55. The summed E-state index contributed by atoms with van der Waals surface area (Å²) in [5.41, 5.74) is 0. The molecule has 98 valence electrons. The van der Waals surface area contributed by atoms with Crippen molar-refractivity contribution in [1.29, 1.82) is 0 Å². The molecular weight excluding hydrogens is 208 g/mol. The predicted molar refractivity (Wildman–Crippen MR) is 72.1 cm³/mol. The van der Waals surface area contributed by atoms with E-state index in [1.54, 1.807) is 6.42 Å². The first-order chi connectivity index (χ1) is 8.24. The van der Waals surface area contributed by atoms with E-state index in [-0.39, 0.29) is 0 Å². The summed E-state index contributed by atoms with van der Waals surface area (Å²) < 4.78 is 0. The van der Waals surface area contributed by atoms with E-state index in [9.17, 15) is 0 Å². The van der Waals surface area contributed by atoms with E-state index < -0.39 is 0 Å². The molecule has 3 saturated carbocycles. The molecule has 4 unspecified atom stereocenters. The van der Waals surface area contributed by atoms with E-state index in [2.05, 4.69) is 24.2 Å². The van der Waals surface area contributed by atoms with E-state index in [0.29, 0.717) is 6.04 Å². The first-order valence-corrected chi connectivity index (χ1v) is 7.66. The van der Waals surface area contributed by atoms with Crippen molar-refractivity contribution in [2.75, 3.05) is 20.1 Å². The van der Waals surface area contributed by atoms with Crippen LogP contribution in [-0.2, 0) is 0 Å². The lowest BCUT2D eigenvalue weighted by atomic mass is 9.89. The van der Waals surface area contributed by atoms with Gasteiger partial charge in [0.2, 0.25) is 0 Å². The molecule has 0 heterocycles. The van der Waals surface area contributed by atoms with Gasteiger partial charge in [-0.2, -0.15) is 0 Å². The average Bonchev–Trinajstić information content (AvgIpc) is 2.98. The third kappa shape index (κ3) is 2.68. The first kappa shape index (κ1) is 12.0. The number of fused-ring (bicyclic) bond motifs is 2. The Kier molecular flexibility index (Phi) is 3.45. The van der Waals surface area contributed by atoms with Crippen molar-refractivity contribution >= 4 is 0 Å². The smallest absolute Gasteiger partial charge is 0.0192 e. The zero-order valence-electron chi connectivity index (χ0n) is 11.5. The number of likely N-dealkylation sites (N-methyl/N-ethyl adjacent to an activating group) is 1. The Hall–Kier alpha value is -0.0800. The Morgan fingerprint density at radius 2 is 2.00 bits per heavy atom. The molecule has 0 aromatic carbocycles. The van der Waals surface area contributed by atoms with Crippen LogP contribution < -0.4 is 5.32 Å². The van der Waals surface area contributed by atoms with E-state index in [4.69, 9.17) is 0 Å². The highest BCUT2D eigenvalue weighted by atomic mass is 15.2. The summed E-state index contributed by atoms with van der Waals surface area (Å²) in [4.78, 5) is 2.56. The van der Waals surface area contributed by atoms with Crippen LogP contribution in [0.4, 0.5) is 0 Å². The normalized spacial score (nSPS) is 37.9. The molecule has 2 bridgehead atoms. The van der Waals surface area contributed by atoms with Crippen molar-refractivity contribution in [2.45, 2.75) is 57.5 Å². The predicted octanol–water partition coefficient (Wildman–Crippen LogP) is 2.49. The monoisotopic (exact) mass is 236 g/mol. The van der Waals surface area contributed by atoms with Crippen molar-refractivity contribution in [3.05, 3.63) is 0 Å². The fourth-order valence-electron chi connectivity index (χ4n) is 4.09. The van der Waals surface area contributed by atoms with Gasteiger partial charge in [0.1, 0.15) is 0 Å². The molecule has 3 rings (SSSR count). The van der Waals surface area contributed by atoms with Crippen LogP contribution in [0.25, 0.3) is 0 Å². The second kappa shape index (κ2) is 4.89. The van der Waals surface area contributed by atoms with Gasteiger partial charge in [-0.1, -0.05) is 6.42 Å². The van der Waals surface area contributed by atoms with Crippen LogP contribution in [0.1, 0.15) is 45.4 Å². The Bertz CT molecular complexity index is 262. The standard InChI is InChI=1S/C15H28N2/c1-11(17(2)15-5-6-15)9-16-10-14-8-12-3-4-13(14)7-12/h11-16H,3-10H2,1-2H3. The van der Waals surface area contributed by atoms with E-state index in [1.165, 1.54) is 45.2 Å². The molecule has 1 N–H and O–H groups in total. The molecule has 0 aromatic rings. The Morgan fingerprint density at radius 1 is 1.18 bits per heavy atom. The Balaban J connectivity index is 1.34. The Labute approximate surface area is 106 Å². The van der Waals surface area contributed by atoms with Crippen molar-refractivity contribution in [3.63, 3.8) is 0 Å². The maximum Gasteiger partial charge on any atom is 0.0192 e. The van der Waals surface area contributed by atoms with Crippen LogP contribution in [0.15, 0.2) is 0 Å². The number of hydrogen-bond acceptors (Lipinski definition) is 2. The molecule has 0 aliphatic heterocycles. The van der Waals surface area contributed by atoms with Gasteiger partial charge in [-0.3, -0.25) is 4.90 Å². The second-order valence-electron chi connectivity index (χ2n) is 6.84. The van der Waals surface area contributed by atoms with Gasteiger partial charge in [0.25, 0.3) is 0 Å². The Morgan fingerprint density at radius 3 is 2.59 bits per heavy atom. The highest BCUT2D eigenvalue weighted by molar-refractivity contribution is 4.91. The van der Waals surface area contributed by atoms with Crippen LogP contribution in [0.3, 0.4) is 0 Å². The van der Waals surface area contributed by atoms with Crippen molar-refractivity contribution in [2.24, 2.45) is 17.8 Å². The largest absolute Gasteiger partial charge is 0.315 e. The maximum atomic E-state index is 3.73. The number of nitrogens with one attached hydrogen (secondary N) is 1. The van der Waals surface area contributed by atoms with E-state index >= 15 is 0 Å². The van der Waals surface area contributed by atoms with Crippen LogP contribution >= 0.6 is 0 Å². The van der Waals surface area contributed by atoms with Crippen LogP contribution in [0, 0.1) is 17.8 Å². The quantitative estimate of drug-likeness (QED) is 0.762. The summed E-state index contributed by atoms with van der Waals surface area (Å²) in [6.07, 6.45) is 8.96. The van der Waals surface area contributed by atoms with Crippen molar-refractivity contribution in [1.82, 2.24) is 10.2 Å². The molecule has 0 spiro atoms. The van der Waals surface area contributed by atoms with E-state index in [1.807, 2.05) is 0 Å². The van der Waals surface area contributed by atoms with Gasteiger partial charge in [-0.05, 0) is 70.4 Å². The highest BCUT2D eigenvalue weighted by Crippen LogP contribution is 2.47. The lowest BCUT2D eigenvalue weighted by molar-refractivity contribution is 0.232. The summed E-state index contributed by atoms with van der Waals surface area (Å²) in [6.45, 7) is 4.83. The van der Waals surface area contributed by atoms with Gasteiger partial charge in [0.15, 0.2) is 0 Å². The molecule has 3 fully saturated rings. The summed E-state index contributed by atoms with van der Waals surface area (Å²) in [5, 5.41) is 3.73. The SMILES string of the molecule is CC(CNCC1CC2CCC1C2)N(C)C1CC1. The minimum absolute atomic E-state index is 0.709. The molecule has 3 aliphatic rings. The number of hydrogen-bond donors (Lipinski definition) is 1. The van der Waals surface area contributed by atoms with Gasteiger partial charge in [-0.25, -0.2) is 0 Å². The second-order valence-corrected chi connectivity index (χ2v) is 6.84. The van der Waals surface area contributed by atoms with Gasteiger partial charge >= 0.3 is 0 Å². The van der Waals surface area contributed by atoms with E-state index in [0.717, 1.165) is 23.8 Å². The molecule has 2 heteroatoms. The fourth-order valence-corrected chi connectivity index (χ4v) is 4.09. The lowest BCUT2D eigenvalue weighted by Gasteiger charge is -2.27. The zero-order valence-corrected chi connectivity index (χ0v) is 11.5. The third-order valence-corrected chi connectivity index (χ3v) is 5.55. The minimum atomic E-state index is 0.709. The molecule has 3 aliphatic carbocycles. The average molecular weight is 236 g/mol. The zero-order chi connectivity index (χ0) is 11.8. The first-order valence-electron chi connectivity index (χ1n) is 7.66. The molecule has 4 atom stereocenters. The molecule has 0 amide bonds. The van der Waals surface area contributed by atoms with Gasteiger partial charge in [0.05, 0.1) is 0 Å². The van der Waals surface area contributed by atoms with Crippen molar-refractivity contribution < 1.29 is 0 Å². The molecule has 2 nitrogen and oxygen atoms in total. The molecule has 17 heavy (non-hydrogen) atoms. The van der Waals surface area contributed by atoms with Gasteiger partial charge < -0.3 is 5.32 Å². The molecule has 0 radical (unpaired) electrons. The van der Waals surface area contributed by atoms with Crippen LogP contribution in [0.5, 0.6) is 0 Å². The highest BCUT2D eigenvalue weighted by Gasteiger charge is 2.39. The lowest BCUT2D eigenvalue weighted by Crippen LogP contribution is -2.40. The molecular formula is C15H28N2. The summed E-state index contributed by atoms with van der Waals surface area (Å²) in [7, 11) is 2.29. The summed E-state index contributed by atoms with van der Waals surface area (Å²) in [5.74, 6) is 3.18. The maximum absolute atomic E-state index is 3.73. The molecule has 0 saturated heterocycles. The minimum Gasteiger partial charge on any atom is -0.315 e. The van der Waals surface area contributed by atoms with Gasteiger partial charge in [-0.15, -0.1) is 0 Å². The van der Waals surface area contributed by atoms with Crippen LogP contribution in [0.2, 0.25) is 0 Å². The summed E-state index contributed by atoms with van der Waals surface area (Å²) >= 11 is 0.